The molecular weight excluding hydrogens is 334 g/mol. The van der Waals surface area contributed by atoms with Gasteiger partial charge in [0.05, 0.1) is 13.0 Å². The first-order chi connectivity index (χ1) is 11.0. The number of carbonyl (C=O) groups is 2. The first-order valence-corrected chi connectivity index (χ1v) is 8.53. The predicted octanol–water partition coefficient (Wildman–Crippen LogP) is 3.72. The number of carbonyl (C=O) groups excluding carboxylic acids is 2. The van der Waals surface area contributed by atoms with Gasteiger partial charge in [0.1, 0.15) is 6.04 Å². The Morgan fingerprint density at radius 2 is 2.26 bits per heavy atom. The Morgan fingerprint density at radius 3 is 2.96 bits per heavy atom. The van der Waals surface area contributed by atoms with E-state index in [0.29, 0.717) is 11.4 Å². The van der Waals surface area contributed by atoms with Gasteiger partial charge in [0.25, 0.3) is 0 Å². The SMILES string of the molecule is C=CC[C@@H](NC(=O)Cc1csc2ccc(Cl)cc12)C(=O)OCC. The number of rotatable bonds is 7. The van der Waals surface area contributed by atoms with Crippen molar-refractivity contribution in [1.29, 1.82) is 0 Å². The van der Waals surface area contributed by atoms with E-state index in [0.717, 1.165) is 15.6 Å². The summed E-state index contributed by atoms with van der Waals surface area (Å²) in [5.41, 5.74) is 0.895. The van der Waals surface area contributed by atoms with Gasteiger partial charge in [-0.1, -0.05) is 17.7 Å². The van der Waals surface area contributed by atoms with E-state index in [2.05, 4.69) is 11.9 Å². The monoisotopic (exact) mass is 351 g/mol. The molecule has 0 saturated carbocycles. The van der Waals surface area contributed by atoms with Crippen molar-refractivity contribution < 1.29 is 14.3 Å². The Labute approximate surface area is 144 Å². The van der Waals surface area contributed by atoms with E-state index in [1.807, 2.05) is 23.6 Å². The zero-order valence-electron chi connectivity index (χ0n) is 12.8. The van der Waals surface area contributed by atoms with Crippen LogP contribution in [0.5, 0.6) is 0 Å². The number of nitrogens with one attached hydrogen (secondary N) is 1. The van der Waals surface area contributed by atoms with Crippen LogP contribution in [0.3, 0.4) is 0 Å². The molecule has 0 bridgehead atoms. The molecule has 0 saturated heterocycles. The second kappa shape index (κ2) is 8.13. The Morgan fingerprint density at radius 1 is 1.48 bits per heavy atom. The molecule has 1 heterocycles. The zero-order chi connectivity index (χ0) is 16.8. The molecular formula is C17H18ClNO3S. The van der Waals surface area contributed by atoms with E-state index in [-0.39, 0.29) is 18.9 Å². The maximum absolute atomic E-state index is 12.3. The minimum absolute atomic E-state index is 0.188. The number of ether oxygens (including phenoxy) is 1. The van der Waals surface area contributed by atoms with Crippen molar-refractivity contribution in [3.8, 4) is 0 Å². The second-order valence-electron chi connectivity index (χ2n) is 4.97. The maximum atomic E-state index is 12.3. The number of hydrogen-bond acceptors (Lipinski definition) is 4. The number of hydrogen-bond donors (Lipinski definition) is 1. The lowest BCUT2D eigenvalue weighted by Gasteiger charge is -2.15. The third-order valence-electron chi connectivity index (χ3n) is 3.28. The summed E-state index contributed by atoms with van der Waals surface area (Å²) in [4.78, 5) is 24.1. The number of fused-ring (bicyclic) bond motifs is 1. The highest BCUT2D eigenvalue weighted by molar-refractivity contribution is 7.17. The zero-order valence-corrected chi connectivity index (χ0v) is 14.4. The lowest BCUT2D eigenvalue weighted by Crippen LogP contribution is -2.42. The van der Waals surface area contributed by atoms with Gasteiger partial charge in [-0.05, 0) is 47.9 Å². The molecule has 1 aromatic carbocycles. The third kappa shape index (κ3) is 4.56. The molecule has 2 aromatic rings. The van der Waals surface area contributed by atoms with Crippen LogP contribution in [0.15, 0.2) is 36.2 Å². The molecule has 0 aliphatic heterocycles. The quantitative estimate of drug-likeness (QED) is 0.611. The molecule has 0 fully saturated rings. The van der Waals surface area contributed by atoms with E-state index in [4.69, 9.17) is 16.3 Å². The van der Waals surface area contributed by atoms with Crippen LogP contribution < -0.4 is 5.32 Å². The summed E-state index contributed by atoms with van der Waals surface area (Å²) >= 11 is 7.58. The van der Waals surface area contributed by atoms with Crippen molar-refractivity contribution in [3.05, 3.63) is 46.8 Å². The molecule has 0 aliphatic rings. The predicted molar refractivity (Wildman–Crippen MR) is 93.9 cm³/mol. The van der Waals surface area contributed by atoms with Crippen LogP contribution in [-0.2, 0) is 20.7 Å². The van der Waals surface area contributed by atoms with Gasteiger partial charge in [0.2, 0.25) is 5.91 Å². The minimum Gasteiger partial charge on any atom is -0.464 e. The highest BCUT2D eigenvalue weighted by atomic mass is 35.5. The first-order valence-electron chi connectivity index (χ1n) is 7.27. The van der Waals surface area contributed by atoms with Crippen LogP contribution in [0.1, 0.15) is 18.9 Å². The average Bonchev–Trinajstić information content (AvgIpc) is 2.89. The van der Waals surface area contributed by atoms with Gasteiger partial charge >= 0.3 is 5.97 Å². The molecule has 4 nitrogen and oxygen atoms in total. The van der Waals surface area contributed by atoms with Crippen molar-refractivity contribution in [3.63, 3.8) is 0 Å². The standard InChI is InChI=1S/C17H18ClNO3S/c1-3-5-14(17(21)22-4-2)19-16(20)8-11-10-23-15-7-6-12(18)9-13(11)15/h3,6-7,9-10,14H,1,4-5,8H2,2H3,(H,19,20)/t14-/m1/s1. The number of halogens is 1. The summed E-state index contributed by atoms with van der Waals surface area (Å²) < 4.78 is 6.04. The lowest BCUT2D eigenvalue weighted by atomic mass is 10.1. The summed E-state index contributed by atoms with van der Waals surface area (Å²) in [5, 5.41) is 6.24. The molecule has 0 aliphatic carbocycles. The van der Waals surface area contributed by atoms with E-state index >= 15 is 0 Å². The van der Waals surface area contributed by atoms with Crippen molar-refractivity contribution >= 4 is 44.9 Å². The van der Waals surface area contributed by atoms with Crippen molar-refractivity contribution in [2.24, 2.45) is 0 Å². The molecule has 122 valence electrons. The molecule has 1 amide bonds. The van der Waals surface area contributed by atoms with E-state index in [9.17, 15) is 9.59 Å². The smallest absolute Gasteiger partial charge is 0.328 e. The molecule has 2 rings (SSSR count). The van der Waals surface area contributed by atoms with Crippen LogP contribution in [0.4, 0.5) is 0 Å². The highest BCUT2D eigenvalue weighted by Crippen LogP contribution is 2.28. The molecule has 23 heavy (non-hydrogen) atoms. The minimum atomic E-state index is -0.701. The molecule has 0 spiro atoms. The van der Waals surface area contributed by atoms with Crippen LogP contribution in [0.2, 0.25) is 5.02 Å². The molecule has 6 heteroatoms. The third-order valence-corrected chi connectivity index (χ3v) is 4.52. The van der Waals surface area contributed by atoms with Crippen molar-refractivity contribution in [1.82, 2.24) is 5.32 Å². The molecule has 0 radical (unpaired) electrons. The number of amides is 1. The summed E-state index contributed by atoms with van der Waals surface area (Å²) in [6.45, 7) is 5.61. The van der Waals surface area contributed by atoms with Gasteiger partial charge < -0.3 is 10.1 Å². The fourth-order valence-electron chi connectivity index (χ4n) is 2.23. The number of thiophene rings is 1. The summed E-state index contributed by atoms with van der Waals surface area (Å²) in [6.07, 6.45) is 2.11. The fourth-order valence-corrected chi connectivity index (χ4v) is 3.35. The largest absolute Gasteiger partial charge is 0.464 e. The van der Waals surface area contributed by atoms with Gasteiger partial charge in [-0.15, -0.1) is 17.9 Å². The first kappa shape index (κ1) is 17.5. The van der Waals surface area contributed by atoms with Crippen LogP contribution in [0.25, 0.3) is 10.1 Å². The molecule has 0 unspecified atom stereocenters. The molecule has 1 atom stereocenters. The van der Waals surface area contributed by atoms with Gasteiger partial charge in [-0.3, -0.25) is 4.79 Å². The van der Waals surface area contributed by atoms with Gasteiger partial charge in [-0.25, -0.2) is 4.79 Å². The van der Waals surface area contributed by atoms with Gasteiger partial charge in [-0.2, -0.15) is 0 Å². The topological polar surface area (TPSA) is 55.4 Å². The van der Waals surface area contributed by atoms with Gasteiger partial charge in [0.15, 0.2) is 0 Å². The molecule has 1 N–H and O–H groups in total. The fraction of sp³-hybridized carbons (Fsp3) is 0.294. The van der Waals surface area contributed by atoms with Crippen LogP contribution in [-0.4, -0.2) is 24.5 Å². The highest BCUT2D eigenvalue weighted by Gasteiger charge is 2.21. The maximum Gasteiger partial charge on any atom is 0.328 e. The van der Waals surface area contributed by atoms with E-state index < -0.39 is 12.0 Å². The normalized spacial score (nSPS) is 11.9. The summed E-state index contributed by atoms with van der Waals surface area (Å²) in [6, 6.07) is 4.91. The second-order valence-corrected chi connectivity index (χ2v) is 6.32. The Bertz CT molecular complexity index is 726. The number of benzene rings is 1. The summed E-state index contributed by atoms with van der Waals surface area (Å²) in [7, 11) is 0. The van der Waals surface area contributed by atoms with Crippen LogP contribution in [0, 0.1) is 0 Å². The Hall–Kier alpha value is -1.85. The number of esters is 1. The lowest BCUT2D eigenvalue weighted by molar-refractivity contribution is -0.147. The summed E-state index contributed by atoms with van der Waals surface area (Å²) in [5.74, 6) is -0.677. The van der Waals surface area contributed by atoms with Crippen LogP contribution >= 0.6 is 22.9 Å². The molecule has 1 aromatic heterocycles. The average molecular weight is 352 g/mol. The van der Waals surface area contributed by atoms with Crippen molar-refractivity contribution in [2.45, 2.75) is 25.8 Å². The van der Waals surface area contributed by atoms with Gasteiger partial charge in [0, 0.05) is 9.72 Å². The van der Waals surface area contributed by atoms with E-state index in [1.54, 1.807) is 24.3 Å². The van der Waals surface area contributed by atoms with E-state index in [1.165, 1.54) is 0 Å². The Balaban J connectivity index is 2.08. The Kier molecular flexibility index (Phi) is 6.19. The van der Waals surface area contributed by atoms with Crippen molar-refractivity contribution in [2.75, 3.05) is 6.61 Å².